The summed E-state index contributed by atoms with van der Waals surface area (Å²) in [5.74, 6) is -0.0922. The Morgan fingerprint density at radius 1 is 1.03 bits per heavy atom. The first-order chi connectivity index (χ1) is 15.3. The Morgan fingerprint density at radius 2 is 1.69 bits per heavy atom. The topological polar surface area (TPSA) is 95.6 Å². The molecule has 3 rings (SSSR count). The van der Waals surface area contributed by atoms with Crippen LogP contribution in [0, 0.1) is 0 Å². The third-order valence-electron chi connectivity index (χ3n) is 5.02. The number of amides is 2. The maximum absolute atomic E-state index is 12.7. The predicted molar refractivity (Wildman–Crippen MR) is 126 cm³/mol. The van der Waals surface area contributed by atoms with Crippen molar-refractivity contribution in [3.8, 4) is 0 Å². The van der Waals surface area contributed by atoms with Crippen LogP contribution >= 0.6 is 11.8 Å². The van der Waals surface area contributed by atoms with Crippen molar-refractivity contribution in [3.05, 3.63) is 59.7 Å². The van der Waals surface area contributed by atoms with Crippen LogP contribution in [0.25, 0.3) is 0 Å². The van der Waals surface area contributed by atoms with E-state index in [9.17, 15) is 18.0 Å². The summed E-state index contributed by atoms with van der Waals surface area (Å²) in [5, 5.41) is 5.71. The third-order valence-corrected chi connectivity index (χ3v) is 8.01. The van der Waals surface area contributed by atoms with Crippen molar-refractivity contribution >= 4 is 33.6 Å². The van der Waals surface area contributed by atoms with Gasteiger partial charge in [0.1, 0.15) is 0 Å². The summed E-state index contributed by atoms with van der Waals surface area (Å²) in [6, 6.07) is 13.9. The molecule has 0 saturated carbocycles. The summed E-state index contributed by atoms with van der Waals surface area (Å²) >= 11 is 1.32. The van der Waals surface area contributed by atoms with Gasteiger partial charge in [0, 0.05) is 30.6 Å². The highest BCUT2D eigenvalue weighted by Gasteiger charge is 2.26. The maximum atomic E-state index is 12.7. The zero-order valence-corrected chi connectivity index (χ0v) is 20.0. The van der Waals surface area contributed by atoms with E-state index < -0.39 is 10.0 Å². The molecule has 0 atom stereocenters. The zero-order valence-electron chi connectivity index (χ0n) is 18.3. The summed E-state index contributed by atoms with van der Waals surface area (Å²) in [7, 11) is -3.45. The first kappa shape index (κ1) is 24.3. The predicted octanol–water partition coefficient (Wildman–Crippen LogP) is 3.02. The molecular weight excluding hydrogens is 446 g/mol. The molecular formula is C23H29N3O4S2. The number of hydrogen-bond donors (Lipinski definition) is 2. The highest BCUT2D eigenvalue weighted by Crippen LogP contribution is 2.23. The molecule has 2 amide bonds. The van der Waals surface area contributed by atoms with E-state index in [1.54, 1.807) is 36.4 Å². The summed E-state index contributed by atoms with van der Waals surface area (Å²) in [6.07, 6.45) is 1.79. The molecule has 2 aromatic carbocycles. The van der Waals surface area contributed by atoms with Gasteiger partial charge in [-0.3, -0.25) is 9.59 Å². The second-order valence-electron chi connectivity index (χ2n) is 7.94. The highest BCUT2D eigenvalue weighted by atomic mass is 32.2. The molecule has 1 heterocycles. The molecule has 0 aromatic heterocycles. The fourth-order valence-electron chi connectivity index (χ4n) is 3.42. The van der Waals surface area contributed by atoms with E-state index in [2.05, 4.69) is 10.6 Å². The molecule has 0 unspecified atom stereocenters. The monoisotopic (exact) mass is 475 g/mol. The average molecular weight is 476 g/mol. The number of benzene rings is 2. The Morgan fingerprint density at radius 3 is 2.34 bits per heavy atom. The first-order valence-corrected chi connectivity index (χ1v) is 13.1. The molecule has 9 heteroatoms. The molecule has 1 fully saturated rings. The highest BCUT2D eigenvalue weighted by molar-refractivity contribution is 8.00. The number of rotatable bonds is 9. The molecule has 172 valence electrons. The first-order valence-electron chi connectivity index (χ1n) is 10.7. The van der Waals surface area contributed by atoms with E-state index in [0.717, 1.165) is 23.3 Å². The number of carbonyl (C=O) groups excluding carboxylic acids is 2. The van der Waals surface area contributed by atoms with Crippen LogP contribution < -0.4 is 10.6 Å². The minimum atomic E-state index is -3.45. The van der Waals surface area contributed by atoms with E-state index >= 15 is 0 Å². The molecule has 0 aliphatic carbocycles. The quantitative estimate of drug-likeness (QED) is 0.544. The molecule has 1 saturated heterocycles. The molecule has 2 aromatic rings. The molecule has 32 heavy (non-hydrogen) atoms. The number of hydrogen-bond acceptors (Lipinski definition) is 5. The van der Waals surface area contributed by atoms with E-state index in [4.69, 9.17) is 0 Å². The van der Waals surface area contributed by atoms with Gasteiger partial charge in [0.05, 0.1) is 16.2 Å². The normalized spacial score (nSPS) is 14.5. The SMILES string of the molecule is CC(C)NC(=O)CSc1ccccc1C(=O)NCc1ccc(S(=O)(=O)N2CCCC2)cc1. The van der Waals surface area contributed by atoms with Gasteiger partial charge in [0.25, 0.3) is 5.91 Å². The van der Waals surface area contributed by atoms with Crippen molar-refractivity contribution in [2.75, 3.05) is 18.8 Å². The second kappa shape index (κ2) is 11.0. The van der Waals surface area contributed by atoms with Crippen LogP contribution in [-0.4, -0.2) is 49.4 Å². The van der Waals surface area contributed by atoms with Gasteiger partial charge in [-0.05, 0) is 56.5 Å². The molecule has 0 radical (unpaired) electrons. The molecule has 1 aliphatic rings. The molecule has 2 N–H and O–H groups in total. The number of carbonyl (C=O) groups is 2. The summed E-state index contributed by atoms with van der Waals surface area (Å²) in [6.45, 7) is 5.21. The van der Waals surface area contributed by atoms with Crippen LogP contribution in [0.4, 0.5) is 0 Å². The van der Waals surface area contributed by atoms with Crippen molar-refractivity contribution in [2.24, 2.45) is 0 Å². The van der Waals surface area contributed by atoms with E-state index in [1.165, 1.54) is 16.1 Å². The lowest BCUT2D eigenvalue weighted by Crippen LogP contribution is -2.31. The lowest BCUT2D eigenvalue weighted by molar-refractivity contribution is -0.119. The molecule has 1 aliphatic heterocycles. The Bertz CT molecular complexity index is 1050. The van der Waals surface area contributed by atoms with Crippen molar-refractivity contribution in [2.45, 2.75) is 49.1 Å². The Balaban J connectivity index is 1.59. The average Bonchev–Trinajstić information content (AvgIpc) is 3.32. The van der Waals surface area contributed by atoms with E-state index in [-0.39, 0.29) is 35.0 Å². The van der Waals surface area contributed by atoms with Gasteiger partial charge >= 0.3 is 0 Å². The van der Waals surface area contributed by atoms with Crippen molar-refractivity contribution in [1.29, 1.82) is 0 Å². The Kier molecular flexibility index (Phi) is 8.33. The van der Waals surface area contributed by atoms with Gasteiger partial charge in [-0.2, -0.15) is 4.31 Å². The number of sulfonamides is 1. The summed E-state index contributed by atoms with van der Waals surface area (Å²) in [5.41, 5.74) is 1.31. The Labute approximate surface area is 194 Å². The van der Waals surface area contributed by atoms with E-state index in [1.807, 2.05) is 26.0 Å². The van der Waals surface area contributed by atoms with Crippen LogP contribution in [-0.2, 0) is 21.4 Å². The number of thioether (sulfide) groups is 1. The maximum Gasteiger partial charge on any atom is 0.252 e. The smallest absolute Gasteiger partial charge is 0.252 e. The summed E-state index contributed by atoms with van der Waals surface area (Å²) < 4.78 is 26.8. The van der Waals surface area contributed by atoms with Gasteiger partial charge < -0.3 is 10.6 Å². The fourth-order valence-corrected chi connectivity index (χ4v) is 5.80. The van der Waals surface area contributed by atoms with Crippen molar-refractivity contribution < 1.29 is 18.0 Å². The Hall–Kier alpha value is -2.36. The van der Waals surface area contributed by atoms with Gasteiger partial charge in [-0.25, -0.2) is 8.42 Å². The lowest BCUT2D eigenvalue weighted by atomic mass is 10.2. The van der Waals surface area contributed by atoms with Crippen LogP contribution in [0.1, 0.15) is 42.6 Å². The minimum Gasteiger partial charge on any atom is -0.353 e. The molecule has 0 spiro atoms. The standard InChI is InChI=1S/C23H29N3O4S2/c1-17(2)25-22(27)16-31-21-8-4-3-7-20(21)23(28)24-15-18-9-11-19(12-10-18)32(29,30)26-13-5-6-14-26/h3-4,7-12,17H,5-6,13-16H2,1-2H3,(H,24,28)(H,25,27). The van der Waals surface area contributed by atoms with Gasteiger partial charge in [-0.1, -0.05) is 24.3 Å². The van der Waals surface area contributed by atoms with Crippen LogP contribution in [0.15, 0.2) is 58.3 Å². The summed E-state index contributed by atoms with van der Waals surface area (Å²) in [4.78, 5) is 25.7. The number of nitrogens with zero attached hydrogens (tertiary/aromatic N) is 1. The van der Waals surface area contributed by atoms with Crippen LogP contribution in [0.2, 0.25) is 0 Å². The fraction of sp³-hybridized carbons (Fsp3) is 0.391. The molecule has 0 bridgehead atoms. The second-order valence-corrected chi connectivity index (χ2v) is 10.9. The van der Waals surface area contributed by atoms with Crippen molar-refractivity contribution in [3.63, 3.8) is 0 Å². The zero-order chi connectivity index (χ0) is 23.1. The third kappa shape index (κ3) is 6.34. The van der Waals surface area contributed by atoms with Crippen molar-refractivity contribution in [1.82, 2.24) is 14.9 Å². The molecule has 7 nitrogen and oxygen atoms in total. The number of nitrogens with one attached hydrogen (secondary N) is 2. The minimum absolute atomic E-state index is 0.0679. The lowest BCUT2D eigenvalue weighted by Gasteiger charge is -2.15. The van der Waals surface area contributed by atoms with Gasteiger partial charge in [-0.15, -0.1) is 11.8 Å². The van der Waals surface area contributed by atoms with E-state index in [0.29, 0.717) is 18.7 Å². The largest absolute Gasteiger partial charge is 0.353 e. The van der Waals surface area contributed by atoms with Gasteiger partial charge in [0.15, 0.2) is 0 Å². The van der Waals surface area contributed by atoms with Crippen LogP contribution in [0.5, 0.6) is 0 Å². The van der Waals surface area contributed by atoms with Gasteiger partial charge in [0.2, 0.25) is 15.9 Å². The van der Waals surface area contributed by atoms with Crippen LogP contribution in [0.3, 0.4) is 0 Å².